The van der Waals surface area contributed by atoms with Gasteiger partial charge in [-0.3, -0.25) is 9.89 Å². The van der Waals surface area contributed by atoms with E-state index in [1.54, 1.807) is 0 Å². The fraction of sp³-hybridized carbons (Fsp3) is 0.650. The van der Waals surface area contributed by atoms with Crippen molar-refractivity contribution in [3.05, 3.63) is 35.4 Å². The number of hydrogen-bond acceptors (Lipinski definition) is 3. The van der Waals surface area contributed by atoms with Gasteiger partial charge < -0.3 is 15.4 Å². The molecule has 1 heterocycles. The summed E-state index contributed by atoms with van der Waals surface area (Å²) in [5.41, 5.74) is 2.62. The molecule has 0 saturated carbocycles. The Bertz CT molecular complexity index is 533. The monoisotopic (exact) mass is 346 g/mol. The minimum atomic E-state index is 0.317. The third kappa shape index (κ3) is 6.67. The molecule has 2 N–H and O–H groups in total. The van der Waals surface area contributed by atoms with E-state index in [2.05, 4.69) is 72.5 Å². The molecule has 140 valence electrons. The lowest BCUT2D eigenvalue weighted by molar-refractivity contribution is -0.0704. The molecule has 1 saturated heterocycles. The van der Waals surface area contributed by atoms with Crippen molar-refractivity contribution in [1.29, 1.82) is 0 Å². The van der Waals surface area contributed by atoms with Crippen LogP contribution in [-0.4, -0.2) is 49.2 Å². The first-order valence-corrected chi connectivity index (χ1v) is 9.43. The summed E-state index contributed by atoms with van der Waals surface area (Å²) in [6.07, 6.45) is 1.71. The molecule has 0 bridgehead atoms. The number of nitrogens with zero attached hydrogens (tertiary/aromatic N) is 2. The molecule has 5 heteroatoms. The SMILES string of the molecule is CCC(C)NC(=NC)NCc1ccc(CN2CC(C)OC(C)C2)cc1. The van der Waals surface area contributed by atoms with Crippen molar-refractivity contribution in [2.45, 2.75) is 65.5 Å². The van der Waals surface area contributed by atoms with Crippen LogP contribution in [0.4, 0.5) is 0 Å². The van der Waals surface area contributed by atoms with Crippen LogP contribution in [0.15, 0.2) is 29.3 Å². The highest BCUT2D eigenvalue weighted by Gasteiger charge is 2.21. The normalized spacial score (nSPS) is 23.3. The second-order valence-corrected chi connectivity index (χ2v) is 7.15. The summed E-state index contributed by atoms with van der Waals surface area (Å²) in [6.45, 7) is 12.4. The highest BCUT2D eigenvalue weighted by atomic mass is 16.5. The Morgan fingerprint density at radius 3 is 2.36 bits per heavy atom. The predicted octanol–water partition coefficient (Wildman–Crippen LogP) is 2.76. The lowest BCUT2D eigenvalue weighted by Gasteiger charge is -2.35. The Labute approximate surface area is 152 Å². The Kier molecular flexibility index (Phi) is 7.72. The Hall–Kier alpha value is -1.59. The van der Waals surface area contributed by atoms with Crippen LogP contribution < -0.4 is 10.6 Å². The first kappa shape index (κ1) is 19.7. The van der Waals surface area contributed by atoms with E-state index in [0.29, 0.717) is 18.2 Å². The largest absolute Gasteiger partial charge is 0.373 e. The van der Waals surface area contributed by atoms with Gasteiger partial charge in [-0.1, -0.05) is 31.2 Å². The van der Waals surface area contributed by atoms with Crippen LogP contribution in [0.1, 0.15) is 45.2 Å². The van der Waals surface area contributed by atoms with E-state index in [9.17, 15) is 0 Å². The molecule has 0 aromatic heterocycles. The lowest BCUT2D eigenvalue weighted by Crippen LogP contribution is -2.44. The van der Waals surface area contributed by atoms with Crippen molar-refractivity contribution < 1.29 is 4.74 Å². The number of rotatable bonds is 6. The molecule has 1 aliphatic heterocycles. The van der Waals surface area contributed by atoms with Crippen LogP contribution in [-0.2, 0) is 17.8 Å². The summed E-state index contributed by atoms with van der Waals surface area (Å²) < 4.78 is 5.81. The van der Waals surface area contributed by atoms with E-state index in [0.717, 1.165) is 38.6 Å². The van der Waals surface area contributed by atoms with Gasteiger partial charge in [-0.15, -0.1) is 0 Å². The van der Waals surface area contributed by atoms with Crippen molar-refractivity contribution in [1.82, 2.24) is 15.5 Å². The molecule has 1 fully saturated rings. The number of morpholine rings is 1. The summed E-state index contributed by atoms with van der Waals surface area (Å²) in [6, 6.07) is 9.28. The first-order valence-electron chi connectivity index (χ1n) is 9.43. The topological polar surface area (TPSA) is 48.9 Å². The summed E-state index contributed by atoms with van der Waals surface area (Å²) in [5.74, 6) is 0.856. The number of benzene rings is 1. The zero-order chi connectivity index (χ0) is 18.2. The van der Waals surface area contributed by atoms with Crippen LogP contribution in [0.2, 0.25) is 0 Å². The van der Waals surface area contributed by atoms with Gasteiger partial charge in [0.05, 0.1) is 12.2 Å². The molecular weight excluding hydrogens is 312 g/mol. The maximum atomic E-state index is 5.81. The van der Waals surface area contributed by atoms with Gasteiger partial charge in [0, 0.05) is 39.3 Å². The van der Waals surface area contributed by atoms with E-state index in [4.69, 9.17) is 4.74 Å². The zero-order valence-electron chi connectivity index (χ0n) is 16.4. The van der Waals surface area contributed by atoms with E-state index < -0.39 is 0 Å². The number of guanidine groups is 1. The molecule has 0 amide bonds. The van der Waals surface area contributed by atoms with Crippen LogP contribution in [0.3, 0.4) is 0 Å². The van der Waals surface area contributed by atoms with Gasteiger partial charge in [0.1, 0.15) is 0 Å². The summed E-state index contributed by atoms with van der Waals surface area (Å²) in [7, 11) is 1.81. The molecule has 0 aliphatic carbocycles. The minimum absolute atomic E-state index is 0.317. The van der Waals surface area contributed by atoms with Crippen molar-refractivity contribution in [2.24, 2.45) is 4.99 Å². The van der Waals surface area contributed by atoms with Gasteiger partial charge in [-0.25, -0.2) is 0 Å². The van der Waals surface area contributed by atoms with Gasteiger partial charge in [0.15, 0.2) is 5.96 Å². The average Bonchev–Trinajstić information content (AvgIpc) is 2.58. The van der Waals surface area contributed by atoms with Gasteiger partial charge in [0.25, 0.3) is 0 Å². The highest BCUT2D eigenvalue weighted by molar-refractivity contribution is 5.79. The van der Waals surface area contributed by atoms with Crippen molar-refractivity contribution in [3.63, 3.8) is 0 Å². The van der Waals surface area contributed by atoms with Gasteiger partial charge in [-0.05, 0) is 38.3 Å². The lowest BCUT2D eigenvalue weighted by atomic mass is 10.1. The standard InChI is InChI=1S/C20H34N4O/c1-6-15(2)23-20(21-5)22-11-18-7-9-19(10-8-18)14-24-12-16(3)25-17(4)13-24/h7-10,15-17H,6,11-14H2,1-5H3,(H2,21,22,23). The van der Waals surface area contributed by atoms with Crippen LogP contribution in [0.5, 0.6) is 0 Å². The maximum Gasteiger partial charge on any atom is 0.191 e. The second kappa shape index (κ2) is 9.78. The van der Waals surface area contributed by atoms with E-state index in [-0.39, 0.29) is 0 Å². The van der Waals surface area contributed by atoms with Gasteiger partial charge in [0.2, 0.25) is 0 Å². The third-order valence-corrected chi connectivity index (χ3v) is 4.60. The van der Waals surface area contributed by atoms with Crippen LogP contribution in [0, 0.1) is 0 Å². The number of hydrogen-bond donors (Lipinski definition) is 2. The van der Waals surface area contributed by atoms with Gasteiger partial charge >= 0.3 is 0 Å². The van der Waals surface area contributed by atoms with Crippen molar-refractivity contribution in [2.75, 3.05) is 20.1 Å². The molecule has 0 radical (unpaired) electrons. The number of aliphatic imine (C=N–C) groups is 1. The maximum absolute atomic E-state index is 5.81. The molecule has 1 aromatic rings. The second-order valence-electron chi connectivity index (χ2n) is 7.15. The molecule has 3 unspecified atom stereocenters. The van der Waals surface area contributed by atoms with E-state index in [1.807, 2.05) is 7.05 Å². The van der Waals surface area contributed by atoms with E-state index >= 15 is 0 Å². The molecule has 1 aliphatic rings. The fourth-order valence-electron chi connectivity index (χ4n) is 3.15. The minimum Gasteiger partial charge on any atom is -0.373 e. The summed E-state index contributed by atoms with van der Waals surface area (Å²) >= 11 is 0. The molecule has 1 aromatic carbocycles. The highest BCUT2D eigenvalue weighted by Crippen LogP contribution is 2.14. The molecule has 5 nitrogen and oxygen atoms in total. The molecule has 2 rings (SSSR count). The summed E-state index contributed by atoms with van der Waals surface area (Å²) in [5, 5.41) is 6.76. The molecule has 0 spiro atoms. The number of ether oxygens (including phenoxy) is 1. The first-order chi connectivity index (χ1) is 12.0. The third-order valence-electron chi connectivity index (χ3n) is 4.60. The number of nitrogens with one attached hydrogen (secondary N) is 2. The van der Waals surface area contributed by atoms with Crippen LogP contribution >= 0.6 is 0 Å². The zero-order valence-corrected chi connectivity index (χ0v) is 16.4. The Morgan fingerprint density at radius 1 is 1.20 bits per heavy atom. The molecular formula is C20H34N4O. The quantitative estimate of drug-likeness (QED) is 0.614. The Balaban J connectivity index is 1.83. The fourth-order valence-corrected chi connectivity index (χ4v) is 3.15. The van der Waals surface area contributed by atoms with Crippen LogP contribution in [0.25, 0.3) is 0 Å². The Morgan fingerprint density at radius 2 is 1.80 bits per heavy atom. The molecule has 3 atom stereocenters. The van der Waals surface area contributed by atoms with E-state index in [1.165, 1.54) is 11.1 Å². The van der Waals surface area contributed by atoms with Crippen molar-refractivity contribution >= 4 is 5.96 Å². The molecule has 25 heavy (non-hydrogen) atoms. The average molecular weight is 347 g/mol. The predicted molar refractivity (Wildman–Crippen MR) is 105 cm³/mol. The van der Waals surface area contributed by atoms with Gasteiger partial charge in [-0.2, -0.15) is 0 Å². The summed E-state index contributed by atoms with van der Waals surface area (Å²) in [4.78, 5) is 6.75. The smallest absolute Gasteiger partial charge is 0.191 e. The van der Waals surface area contributed by atoms with Crippen molar-refractivity contribution in [3.8, 4) is 0 Å².